The van der Waals surface area contributed by atoms with Crippen LogP contribution in [0.15, 0.2) is 24.3 Å². The summed E-state index contributed by atoms with van der Waals surface area (Å²) in [5, 5.41) is 13.5. The normalized spacial score (nSPS) is 23.6. The third-order valence-electron chi connectivity index (χ3n) is 3.88. The van der Waals surface area contributed by atoms with Crippen LogP contribution in [-0.2, 0) is 11.2 Å². The van der Waals surface area contributed by atoms with E-state index in [2.05, 4.69) is 11.4 Å². The number of fused-ring (bicyclic) bond motifs is 1. The second-order valence-electron chi connectivity index (χ2n) is 5.61. The van der Waals surface area contributed by atoms with E-state index in [9.17, 15) is 9.90 Å². The smallest absolute Gasteiger partial charge is 0.149 e. The second-order valence-corrected chi connectivity index (χ2v) is 5.61. The molecule has 0 bridgehead atoms. The molecule has 0 radical (unpaired) electrons. The van der Waals surface area contributed by atoms with Crippen molar-refractivity contribution in [2.24, 2.45) is 0 Å². The Morgan fingerprint density at radius 2 is 2.06 bits per heavy atom. The first-order valence-corrected chi connectivity index (χ1v) is 6.46. The molecule has 98 valence electrons. The van der Waals surface area contributed by atoms with Crippen LogP contribution in [0, 0.1) is 0 Å². The maximum absolute atomic E-state index is 11.6. The van der Waals surface area contributed by atoms with Crippen molar-refractivity contribution in [1.29, 1.82) is 0 Å². The Morgan fingerprint density at radius 3 is 2.72 bits per heavy atom. The summed E-state index contributed by atoms with van der Waals surface area (Å²) in [6.45, 7) is 5.30. The Bertz CT molecular complexity index is 454. The lowest BCUT2D eigenvalue weighted by atomic mass is 9.84. The lowest BCUT2D eigenvalue weighted by molar-refractivity contribution is -0.122. The number of aryl methyl sites for hydroxylation is 1. The zero-order valence-corrected chi connectivity index (χ0v) is 11.2. The van der Waals surface area contributed by atoms with Crippen molar-refractivity contribution in [3.8, 4) is 0 Å². The topological polar surface area (TPSA) is 49.3 Å². The van der Waals surface area contributed by atoms with E-state index in [0.29, 0.717) is 0 Å². The van der Waals surface area contributed by atoms with Crippen LogP contribution >= 0.6 is 0 Å². The third-order valence-corrected chi connectivity index (χ3v) is 3.88. The molecule has 0 spiro atoms. The molecule has 0 aromatic heterocycles. The standard InChI is InChI=1S/C15H21NO2/c1-10(17)15(2,3)16-14-12-7-5-4-6-11(12)8-9-13(14)18/h4-7,13-14,16,18H,8-9H2,1-3H3. The van der Waals surface area contributed by atoms with Crippen LogP contribution in [0.3, 0.4) is 0 Å². The van der Waals surface area contributed by atoms with Gasteiger partial charge in [0, 0.05) is 0 Å². The summed E-state index contributed by atoms with van der Waals surface area (Å²) in [5.74, 6) is 0.0813. The highest BCUT2D eigenvalue weighted by molar-refractivity contribution is 5.85. The number of rotatable bonds is 3. The van der Waals surface area contributed by atoms with Gasteiger partial charge in [-0.1, -0.05) is 24.3 Å². The molecule has 1 aromatic rings. The number of hydrogen-bond acceptors (Lipinski definition) is 3. The SMILES string of the molecule is CC(=O)C(C)(C)NC1c2ccccc2CCC1O. The van der Waals surface area contributed by atoms with Crippen molar-refractivity contribution in [3.63, 3.8) is 0 Å². The fourth-order valence-electron chi connectivity index (χ4n) is 2.41. The number of carbonyl (C=O) groups excluding carboxylic acids is 1. The lowest BCUT2D eigenvalue weighted by Crippen LogP contribution is -2.51. The Balaban J connectivity index is 2.30. The maximum atomic E-state index is 11.6. The first-order chi connectivity index (χ1) is 8.42. The molecule has 0 fully saturated rings. The van der Waals surface area contributed by atoms with E-state index in [1.54, 1.807) is 6.92 Å². The van der Waals surface area contributed by atoms with E-state index >= 15 is 0 Å². The molecule has 0 saturated carbocycles. The van der Waals surface area contributed by atoms with E-state index < -0.39 is 11.6 Å². The van der Waals surface area contributed by atoms with Crippen LogP contribution < -0.4 is 5.32 Å². The highest BCUT2D eigenvalue weighted by Gasteiger charge is 2.34. The molecule has 0 heterocycles. The first kappa shape index (κ1) is 13.2. The maximum Gasteiger partial charge on any atom is 0.149 e. The Hall–Kier alpha value is -1.19. The quantitative estimate of drug-likeness (QED) is 0.859. The van der Waals surface area contributed by atoms with Crippen LogP contribution in [0.25, 0.3) is 0 Å². The Labute approximate surface area is 108 Å². The minimum absolute atomic E-state index is 0.0813. The van der Waals surface area contributed by atoms with Gasteiger partial charge >= 0.3 is 0 Å². The number of hydrogen-bond donors (Lipinski definition) is 2. The molecule has 18 heavy (non-hydrogen) atoms. The number of benzene rings is 1. The van der Waals surface area contributed by atoms with Crippen molar-refractivity contribution in [2.75, 3.05) is 0 Å². The lowest BCUT2D eigenvalue weighted by Gasteiger charge is -2.36. The van der Waals surface area contributed by atoms with Gasteiger partial charge in [-0.25, -0.2) is 0 Å². The molecule has 1 aromatic carbocycles. The number of nitrogens with one attached hydrogen (secondary N) is 1. The predicted octanol–water partition coefficient (Wildman–Crippen LogP) is 1.99. The minimum Gasteiger partial charge on any atom is -0.391 e. The third kappa shape index (κ3) is 2.47. The number of aliphatic hydroxyl groups excluding tert-OH is 1. The molecule has 0 amide bonds. The van der Waals surface area contributed by atoms with Gasteiger partial charge in [-0.15, -0.1) is 0 Å². The van der Waals surface area contributed by atoms with Crippen molar-refractivity contribution in [1.82, 2.24) is 5.32 Å². The number of Topliss-reactive ketones (excluding diaryl/α,β-unsaturated/α-hetero) is 1. The van der Waals surface area contributed by atoms with Crippen LogP contribution in [0.4, 0.5) is 0 Å². The zero-order valence-electron chi connectivity index (χ0n) is 11.2. The fraction of sp³-hybridized carbons (Fsp3) is 0.533. The fourth-order valence-corrected chi connectivity index (χ4v) is 2.41. The Kier molecular flexibility index (Phi) is 3.55. The molecule has 3 heteroatoms. The summed E-state index contributed by atoms with van der Waals surface area (Å²) in [6.07, 6.45) is 1.21. The van der Waals surface area contributed by atoms with Gasteiger partial charge in [-0.3, -0.25) is 10.1 Å². The summed E-state index contributed by atoms with van der Waals surface area (Å²) < 4.78 is 0. The van der Waals surface area contributed by atoms with Crippen molar-refractivity contribution < 1.29 is 9.90 Å². The Morgan fingerprint density at radius 1 is 1.39 bits per heavy atom. The van der Waals surface area contributed by atoms with E-state index in [-0.39, 0.29) is 11.8 Å². The summed E-state index contributed by atoms with van der Waals surface area (Å²) in [5.41, 5.74) is 1.76. The van der Waals surface area contributed by atoms with Gasteiger partial charge in [0.15, 0.2) is 0 Å². The van der Waals surface area contributed by atoms with Crippen LogP contribution in [-0.4, -0.2) is 22.5 Å². The number of aliphatic hydroxyl groups is 1. The van der Waals surface area contributed by atoms with Gasteiger partial charge in [0.2, 0.25) is 0 Å². The molecule has 2 unspecified atom stereocenters. The second kappa shape index (κ2) is 4.82. The van der Waals surface area contributed by atoms with Gasteiger partial charge < -0.3 is 5.11 Å². The average Bonchev–Trinajstić information content (AvgIpc) is 2.32. The summed E-state index contributed by atoms with van der Waals surface area (Å²) in [4.78, 5) is 11.6. The van der Waals surface area contributed by atoms with E-state index in [1.165, 1.54) is 5.56 Å². The van der Waals surface area contributed by atoms with Gasteiger partial charge in [0.05, 0.1) is 17.7 Å². The summed E-state index contributed by atoms with van der Waals surface area (Å²) in [6, 6.07) is 7.96. The molecule has 3 nitrogen and oxygen atoms in total. The van der Waals surface area contributed by atoms with Crippen LogP contribution in [0.5, 0.6) is 0 Å². The first-order valence-electron chi connectivity index (χ1n) is 6.46. The highest BCUT2D eigenvalue weighted by atomic mass is 16.3. The van der Waals surface area contributed by atoms with E-state index in [1.807, 2.05) is 32.0 Å². The van der Waals surface area contributed by atoms with Gasteiger partial charge in [0.1, 0.15) is 5.78 Å². The molecule has 2 rings (SSSR count). The molecule has 1 aliphatic carbocycles. The molecular formula is C15H21NO2. The van der Waals surface area contributed by atoms with Crippen molar-refractivity contribution >= 4 is 5.78 Å². The van der Waals surface area contributed by atoms with Gasteiger partial charge in [-0.2, -0.15) is 0 Å². The largest absolute Gasteiger partial charge is 0.391 e. The van der Waals surface area contributed by atoms with E-state index in [4.69, 9.17) is 0 Å². The van der Waals surface area contributed by atoms with Gasteiger partial charge in [0.25, 0.3) is 0 Å². The molecule has 0 saturated heterocycles. The number of ketones is 1. The predicted molar refractivity (Wildman–Crippen MR) is 71.4 cm³/mol. The summed E-state index contributed by atoms with van der Waals surface area (Å²) in [7, 11) is 0. The van der Waals surface area contributed by atoms with Crippen molar-refractivity contribution in [3.05, 3.63) is 35.4 Å². The average molecular weight is 247 g/mol. The molecule has 1 aliphatic rings. The van der Waals surface area contributed by atoms with E-state index in [0.717, 1.165) is 18.4 Å². The minimum atomic E-state index is -0.615. The number of carbonyl (C=O) groups is 1. The van der Waals surface area contributed by atoms with Gasteiger partial charge in [-0.05, 0) is 44.7 Å². The summed E-state index contributed by atoms with van der Waals surface area (Å²) >= 11 is 0. The molecular weight excluding hydrogens is 226 g/mol. The monoisotopic (exact) mass is 247 g/mol. The zero-order chi connectivity index (χ0) is 13.3. The van der Waals surface area contributed by atoms with Crippen LogP contribution in [0.2, 0.25) is 0 Å². The van der Waals surface area contributed by atoms with Crippen molar-refractivity contribution in [2.45, 2.75) is 51.3 Å². The van der Waals surface area contributed by atoms with Crippen LogP contribution in [0.1, 0.15) is 44.4 Å². The highest BCUT2D eigenvalue weighted by Crippen LogP contribution is 2.31. The molecule has 2 N–H and O–H groups in total. The molecule has 0 aliphatic heterocycles. The molecule has 2 atom stereocenters.